The molecule has 3 rings (SSSR count). The van der Waals surface area contributed by atoms with Gasteiger partial charge in [0.25, 0.3) is 0 Å². The fraction of sp³-hybridized carbons (Fsp3) is 0.176. The van der Waals surface area contributed by atoms with Gasteiger partial charge in [0, 0.05) is 17.1 Å². The lowest BCUT2D eigenvalue weighted by Crippen LogP contribution is -1.96. The highest BCUT2D eigenvalue weighted by atomic mass is 19.1. The van der Waals surface area contributed by atoms with Crippen LogP contribution in [-0.2, 0) is 0 Å². The van der Waals surface area contributed by atoms with Gasteiger partial charge in [-0.2, -0.15) is 0 Å². The largest absolute Gasteiger partial charge is 0.382 e. The molecule has 0 amide bonds. The molecule has 3 nitrogen and oxygen atoms in total. The van der Waals surface area contributed by atoms with Gasteiger partial charge in [0.15, 0.2) is 0 Å². The third kappa shape index (κ3) is 2.99. The Hall–Kier alpha value is -2.49. The van der Waals surface area contributed by atoms with E-state index in [9.17, 15) is 4.39 Å². The van der Waals surface area contributed by atoms with E-state index in [4.69, 9.17) is 5.73 Å². The average molecular weight is 283 g/mol. The second-order valence-electron chi connectivity index (χ2n) is 4.43. The Balaban J connectivity index is 0.000000774. The van der Waals surface area contributed by atoms with E-state index in [1.807, 2.05) is 39.0 Å². The molecule has 0 saturated heterocycles. The first kappa shape index (κ1) is 14.9. The summed E-state index contributed by atoms with van der Waals surface area (Å²) >= 11 is 0. The van der Waals surface area contributed by atoms with E-state index in [2.05, 4.69) is 9.97 Å². The van der Waals surface area contributed by atoms with Crippen molar-refractivity contribution in [2.24, 2.45) is 0 Å². The van der Waals surface area contributed by atoms with Crippen molar-refractivity contribution in [2.75, 3.05) is 5.73 Å². The molecule has 108 valence electrons. The zero-order valence-corrected chi connectivity index (χ0v) is 12.4. The van der Waals surface area contributed by atoms with Gasteiger partial charge in [-0.3, -0.25) is 0 Å². The second-order valence-corrected chi connectivity index (χ2v) is 4.43. The Bertz CT molecular complexity index is 769. The Morgan fingerprint density at radius 2 is 1.86 bits per heavy atom. The molecule has 0 atom stereocenters. The Morgan fingerprint density at radius 1 is 1.10 bits per heavy atom. The van der Waals surface area contributed by atoms with Crippen molar-refractivity contribution >= 4 is 16.7 Å². The summed E-state index contributed by atoms with van der Waals surface area (Å²) in [4.78, 5) is 8.59. The standard InChI is InChI=1S/C15H12FN3.C2H6/c1-9-8-18-15(17)14-12(9)5-6-13(19-14)10-3-2-4-11(16)7-10;1-2/h2-8H,1H3,(H2,17,18);1-2H3. The molecule has 1 aromatic carbocycles. The van der Waals surface area contributed by atoms with Crippen molar-refractivity contribution in [2.45, 2.75) is 20.8 Å². The first-order valence-corrected chi connectivity index (χ1v) is 6.93. The molecular weight excluding hydrogens is 265 g/mol. The highest BCUT2D eigenvalue weighted by Gasteiger charge is 2.07. The first-order chi connectivity index (χ1) is 10.1. The van der Waals surface area contributed by atoms with Gasteiger partial charge >= 0.3 is 0 Å². The lowest BCUT2D eigenvalue weighted by atomic mass is 10.1. The fourth-order valence-electron chi connectivity index (χ4n) is 2.08. The average Bonchev–Trinajstić information content (AvgIpc) is 2.53. The van der Waals surface area contributed by atoms with Crippen LogP contribution >= 0.6 is 0 Å². The highest BCUT2D eigenvalue weighted by molar-refractivity contribution is 5.91. The molecule has 0 bridgehead atoms. The number of benzene rings is 1. The molecular formula is C17H18FN3. The van der Waals surface area contributed by atoms with Gasteiger partial charge in [0.1, 0.15) is 17.2 Å². The number of halogens is 1. The molecule has 0 fully saturated rings. The number of nitrogens with two attached hydrogens (primary N) is 1. The molecule has 0 unspecified atom stereocenters. The van der Waals surface area contributed by atoms with E-state index < -0.39 is 0 Å². The number of nitrogens with zero attached hydrogens (tertiary/aromatic N) is 2. The summed E-state index contributed by atoms with van der Waals surface area (Å²) in [7, 11) is 0. The van der Waals surface area contributed by atoms with Gasteiger partial charge in [-0.15, -0.1) is 0 Å². The number of rotatable bonds is 1. The van der Waals surface area contributed by atoms with Crippen molar-refractivity contribution in [3.05, 3.63) is 54.0 Å². The molecule has 0 aliphatic carbocycles. The van der Waals surface area contributed by atoms with Gasteiger partial charge in [0.2, 0.25) is 0 Å². The zero-order valence-electron chi connectivity index (χ0n) is 12.4. The summed E-state index contributed by atoms with van der Waals surface area (Å²) in [5.41, 5.74) is 8.94. The summed E-state index contributed by atoms with van der Waals surface area (Å²) in [5.74, 6) is 0.105. The number of aryl methyl sites for hydroxylation is 1. The smallest absolute Gasteiger partial charge is 0.149 e. The van der Waals surface area contributed by atoms with Crippen molar-refractivity contribution in [1.29, 1.82) is 0 Å². The molecule has 21 heavy (non-hydrogen) atoms. The summed E-state index contributed by atoms with van der Waals surface area (Å²) in [5, 5.41) is 0.965. The summed E-state index contributed by atoms with van der Waals surface area (Å²) in [6.45, 7) is 5.96. The minimum atomic E-state index is -0.283. The molecule has 2 heterocycles. The maximum Gasteiger partial charge on any atom is 0.149 e. The van der Waals surface area contributed by atoms with Crippen molar-refractivity contribution in [3.8, 4) is 11.3 Å². The van der Waals surface area contributed by atoms with Gasteiger partial charge in [-0.25, -0.2) is 14.4 Å². The van der Waals surface area contributed by atoms with E-state index in [-0.39, 0.29) is 5.82 Å². The predicted octanol–water partition coefficient (Wildman–Crippen LogP) is 4.35. The number of pyridine rings is 2. The lowest BCUT2D eigenvalue weighted by molar-refractivity contribution is 0.628. The minimum Gasteiger partial charge on any atom is -0.382 e. The van der Waals surface area contributed by atoms with Crippen LogP contribution in [0.2, 0.25) is 0 Å². The number of anilines is 1. The fourth-order valence-corrected chi connectivity index (χ4v) is 2.08. The molecule has 0 aliphatic heterocycles. The molecule has 0 aliphatic rings. The zero-order chi connectivity index (χ0) is 15.4. The summed E-state index contributed by atoms with van der Waals surface area (Å²) in [6.07, 6.45) is 1.72. The third-order valence-corrected chi connectivity index (χ3v) is 3.08. The van der Waals surface area contributed by atoms with E-state index in [1.54, 1.807) is 12.3 Å². The maximum atomic E-state index is 13.2. The van der Waals surface area contributed by atoms with E-state index >= 15 is 0 Å². The lowest BCUT2D eigenvalue weighted by Gasteiger charge is -2.07. The molecule has 0 radical (unpaired) electrons. The van der Waals surface area contributed by atoms with Crippen LogP contribution in [0.4, 0.5) is 10.2 Å². The first-order valence-electron chi connectivity index (χ1n) is 6.93. The van der Waals surface area contributed by atoms with Crippen molar-refractivity contribution in [3.63, 3.8) is 0 Å². The second kappa shape index (κ2) is 6.31. The number of fused-ring (bicyclic) bond motifs is 1. The van der Waals surface area contributed by atoms with E-state index in [0.29, 0.717) is 17.0 Å². The molecule has 2 N–H and O–H groups in total. The monoisotopic (exact) mass is 283 g/mol. The number of aromatic nitrogens is 2. The quantitative estimate of drug-likeness (QED) is 0.722. The number of hydrogen-bond acceptors (Lipinski definition) is 3. The molecule has 4 heteroatoms. The molecule has 2 aromatic heterocycles. The van der Waals surface area contributed by atoms with E-state index in [0.717, 1.165) is 16.5 Å². The van der Waals surface area contributed by atoms with Crippen LogP contribution in [0.3, 0.4) is 0 Å². The molecule has 0 saturated carbocycles. The Morgan fingerprint density at radius 3 is 2.57 bits per heavy atom. The van der Waals surface area contributed by atoms with Crippen molar-refractivity contribution < 1.29 is 4.39 Å². The maximum absolute atomic E-state index is 13.2. The molecule has 0 spiro atoms. The van der Waals surface area contributed by atoms with Crippen LogP contribution in [0.1, 0.15) is 19.4 Å². The van der Waals surface area contributed by atoms with Gasteiger partial charge in [-0.1, -0.05) is 32.0 Å². The number of hydrogen-bond donors (Lipinski definition) is 1. The van der Waals surface area contributed by atoms with Crippen LogP contribution in [-0.4, -0.2) is 9.97 Å². The van der Waals surface area contributed by atoms with Gasteiger partial charge in [0.05, 0.1) is 5.69 Å². The summed E-state index contributed by atoms with van der Waals surface area (Å²) in [6, 6.07) is 10.1. The number of nitrogen functional groups attached to an aromatic ring is 1. The summed E-state index contributed by atoms with van der Waals surface area (Å²) < 4.78 is 13.2. The van der Waals surface area contributed by atoms with Crippen LogP contribution < -0.4 is 5.73 Å². The van der Waals surface area contributed by atoms with Gasteiger partial charge < -0.3 is 5.73 Å². The van der Waals surface area contributed by atoms with Crippen LogP contribution in [0.25, 0.3) is 22.2 Å². The topological polar surface area (TPSA) is 51.8 Å². The van der Waals surface area contributed by atoms with E-state index in [1.165, 1.54) is 12.1 Å². The van der Waals surface area contributed by atoms with Crippen LogP contribution in [0, 0.1) is 12.7 Å². The van der Waals surface area contributed by atoms with Crippen molar-refractivity contribution in [1.82, 2.24) is 9.97 Å². The SMILES string of the molecule is CC.Cc1cnc(N)c2nc(-c3cccc(F)c3)ccc12. The van der Waals surface area contributed by atoms with Crippen LogP contribution in [0.15, 0.2) is 42.6 Å². The minimum absolute atomic E-state index is 0.283. The Labute approximate surface area is 123 Å². The highest BCUT2D eigenvalue weighted by Crippen LogP contribution is 2.25. The molecule has 3 aromatic rings. The van der Waals surface area contributed by atoms with Gasteiger partial charge in [-0.05, 0) is 30.7 Å². The Kier molecular flexibility index (Phi) is 4.48. The third-order valence-electron chi connectivity index (χ3n) is 3.08. The van der Waals surface area contributed by atoms with Crippen LogP contribution in [0.5, 0.6) is 0 Å². The predicted molar refractivity (Wildman–Crippen MR) is 85.4 cm³/mol. The normalized spacial score (nSPS) is 10.1.